The van der Waals surface area contributed by atoms with Crippen molar-refractivity contribution in [2.45, 2.75) is 20.4 Å². The van der Waals surface area contributed by atoms with E-state index in [0.717, 1.165) is 5.69 Å². The maximum atomic E-state index is 5.21. The van der Waals surface area contributed by atoms with Crippen molar-refractivity contribution in [2.75, 3.05) is 0 Å². The van der Waals surface area contributed by atoms with Crippen molar-refractivity contribution in [3.8, 4) is 0 Å². The number of rotatable bonds is 2. The number of nitrogens with one attached hydrogen (secondary N) is 1. The van der Waals surface area contributed by atoms with Crippen LogP contribution in [0.25, 0.3) is 0 Å². The van der Waals surface area contributed by atoms with E-state index in [1.165, 1.54) is 11.1 Å². The lowest BCUT2D eigenvalue weighted by molar-refractivity contribution is 0.735. The summed E-state index contributed by atoms with van der Waals surface area (Å²) < 4.78 is 0. The molecule has 0 saturated heterocycles. The summed E-state index contributed by atoms with van der Waals surface area (Å²) in [6.07, 6.45) is 1.80. The van der Waals surface area contributed by atoms with E-state index < -0.39 is 0 Å². The third-order valence-corrected chi connectivity index (χ3v) is 1.86. The monoisotopic (exact) mass is 151 g/mol. The SMILES string of the molecule is Cc1nccc(CNN)c1C. The molecule has 0 aliphatic carbocycles. The van der Waals surface area contributed by atoms with Gasteiger partial charge < -0.3 is 0 Å². The van der Waals surface area contributed by atoms with Crippen LogP contribution in [0.3, 0.4) is 0 Å². The zero-order valence-corrected chi connectivity index (χ0v) is 6.89. The third-order valence-electron chi connectivity index (χ3n) is 1.86. The molecule has 0 unspecified atom stereocenters. The molecule has 0 saturated carbocycles. The van der Waals surface area contributed by atoms with E-state index >= 15 is 0 Å². The molecule has 0 atom stereocenters. The van der Waals surface area contributed by atoms with E-state index in [2.05, 4.69) is 17.3 Å². The predicted octanol–water partition coefficient (Wildman–Crippen LogP) is 0.662. The zero-order chi connectivity index (χ0) is 8.27. The molecule has 1 rings (SSSR count). The van der Waals surface area contributed by atoms with Crippen LogP contribution >= 0.6 is 0 Å². The van der Waals surface area contributed by atoms with Gasteiger partial charge in [0.05, 0.1) is 0 Å². The summed E-state index contributed by atoms with van der Waals surface area (Å²) in [6.45, 7) is 4.75. The molecule has 3 nitrogen and oxygen atoms in total. The molecule has 3 N–H and O–H groups in total. The van der Waals surface area contributed by atoms with Gasteiger partial charge in [-0.1, -0.05) is 0 Å². The summed E-state index contributed by atoms with van der Waals surface area (Å²) in [5.74, 6) is 5.21. The first-order valence-electron chi connectivity index (χ1n) is 3.60. The Hall–Kier alpha value is -0.930. The quantitative estimate of drug-likeness (QED) is 0.482. The number of aryl methyl sites for hydroxylation is 1. The highest BCUT2D eigenvalue weighted by molar-refractivity contribution is 5.27. The molecule has 0 bridgehead atoms. The number of aromatic nitrogens is 1. The van der Waals surface area contributed by atoms with Gasteiger partial charge in [-0.2, -0.15) is 0 Å². The lowest BCUT2D eigenvalue weighted by atomic mass is 10.1. The standard InChI is InChI=1S/C8H13N3/c1-6-7(2)10-4-3-8(6)5-11-9/h3-4,11H,5,9H2,1-2H3. The number of nitrogens with zero attached hydrogens (tertiary/aromatic N) is 1. The van der Waals surface area contributed by atoms with Crippen LogP contribution in [-0.4, -0.2) is 4.98 Å². The zero-order valence-electron chi connectivity index (χ0n) is 6.89. The lowest BCUT2D eigenvalue weighted by Crippen LogP contribution is -2.21. The summed E-state index contributed by atoms with van der Waals surface area (Å²) in [4.78, 5) is 4.15. The van der Waals surface area contributed by atoms with Crippen LogP contribution < -0.4 is 11.3 Å². The van der Waals surface area contributed by atoms with Crippen molar-refractivity contribution in [1.82, 2.24) is 10.4 Å². The van der Waals surface area contributed by atoms with Crippen molar-refractivity contribution in [2.24, 2.45) is 5.84 Å². The second-order valence-electron chi connectivity index (χ2n) is 2.56. The third kappa shape index (κ3) is 1.76. The first kappa shape index (κ1) is 8.17. The molecule has 60 valence electrons. The maximum Gasteiger partial charge on any atom is 0.0405 e. The van der Waals surface area contributed by atoms with E-state index in [0.29, 0.717) is 6.54 Å². The molecule has 0 radical (unpaired) electrons. The fourth-order valence-electron chi connectivity index (χ4n) is 0.995. The van der Waals surface area contributed by atoms with Crippen molar-refractivity contribution in [1.29, 1.82) is 0 Å². The van der Waals surface area contributed by atoms with Gasteiger partial charge in [-0.25, -0.2) is 0 Å². The van der Waals surface area contributed by atoms with Crippen molar-refractivity contribution >= 4 is 0 Å². The van der Waals surface area contributed by atoms with Crippen molar-refractivity contribution < 1.29 is 0 Å². The number of hydrogen-bond acceptors (Lipinski definition) is 3. The van der Waals surface area contributed by atoms with E-state index in [1.807, 2.05) is 13.0 Å². The van der Waals surface area contributed by atoms with Crippen molar-refractivity contribution in [3.05, 3.63) is 29.1 Å². The minimum atomic E-state index is 0.704. The van der Waals surface area contributed by atoms with Gasteiger partial charge in [0.15, 0.2) is 0 Å². The highest BCUT2D eigenvalue weighted by Gasteiger charge is 1.98. The molecule has 0 spiro atoms. The van der Waals surface area contributed by atoms with Gasteiger partial charge in [-0.05, 0) is 31.0 Å². The summed E-state index contributed by atoms with van der Waals surface area (Å²) >= 11 is 0. The van der Waals surface area contributed by atoms with Crippen LogP contribution in [0.1, 0.15) is 16.8 Å². The molecule has 3 heteroatoms. The van der Waals surface area contributed by atoms with E-state index in [4.69, 9.17) is 5.84 Å². The van der Waals surface area contributed by atoms with Crippen molar-refractivity contribution in [3.63, 3.8) is 0 Å². The Morgan fingerprint density at radius 3 is 2.91 bits per heavy atom. The van der Waals surface area contributed by atoms with E-state index in [-0.39, 0.29) is 0 Å². The van der Waals surface area contributed by atoms with Gasteiger partial charge in [0.25, 0.3) is 0 Å². The van der Waals surface area contributed by atoms with Crippen LogP contribution in [0.4, 0.5) is 0 Å². The molecule has 0 aliphatic heterocycles. The van der Waals surface area contributed by atoms with Gasteiger partial charge in [0.1, 0.15) is 0 Å². The first-order valence-corrected chi connectivity index (χ1v) is 3.60. The van der Waals surface area contributed by atoms with Crippen LogP contribution in [0, 0.1) is 13.8 Å². The average Bonchev–Trinajstić information content (AvgIpc) is 1.99. The minimum absolute atomic E-state index is 0.704. The number of hydrazine groups is 1. The Kier molecular flexibility index (Phi) is 2.57. The Bertz CT molecular complexity index is 245. The van der Waals surface area contributed by atoms with Gasteiger partial charge in [-0.15, -0.1) is 0 Å². The average molecular weight is 151 g/mol. The number of pyridine rings is 1. The van der Waals surface area contributed by atoms with Gasteiger partial charge >= 0.3 is 0 Å². The molecule has 0 fully saturated rings. The second-order valence-corrected chi connectivity index (χ2v) is 2.56. The molecular formula is C8H13N3. The lowest BCUT2D eigenvalue weighted by Gasteiger charge is -2.05. The molecule has 1 aromatic rings. The number of nitrogens with two attached hydrogens (primary N) is 1. The smallest absolute Gasteiger partial charge is 0.0405 e. The van der Waals surface area contributed by atoms with E-state index in [9.17, 15) is 0 Å². The highest BCUT2D eigenvalue weighted by Crippen LogP contribution is 2.08. The molecule has 0 amide bonds. The Morgan fingerprint density at radius 1 is 1.55 bits per heavy atom. The normalized spacial score (nSPS) is 10.1. The Balaban J connectivity index is 2.96. The maximum absolute atomic E-state index is 5.21. The summed E-state index contributed by atoms with van der Waals surface area (Å²) in [6, 6.07) is 1.97. The largest absolute Gasteiger partial charge is 0.271 e. The summed E-state index contributed by atoms with van der Waals surface area (Å²) in [7, 11) is 0. The van der Waals surface area contributed by atoms with Gasteiger partial charge in [-0.3, -0.25) is 16.3 Å². The Labute approximate surface area is 66.6 Å². The second kappa shape index (κ2) is 3.46. The van der Waals surface area contributed by atoms with E-state index in [1.54, 1.807) is 6.20 Å². The predicted molar refractivity (Wildman–Crippen MR) is 44.7 cm³/mol. The van der Waals surface area contributed by atoms with Gasteiger partial charge in [0.2, 0.25) is 0 Å². The molecule has 0 aromatic carbocycles. The fraction of sp³-hybridized carbons (Fsp3) is 0.375. The van der Waals surface area contributed by atoms with Crippen LogP contribution in [0.2, 0.25) is 0 Å². The number of hydrogen-bond donors (Lipinski definition) is 2. The van der Waals surface area contributed by atoms with Crippen LogP contribution in [0.5, 0.6) is 0 Å². The van der Waals surface area contributed by atoms with Crippen LogP contribution in [-0.2, 0) is 6.54 Å². The topological polar surface area (TPSA) is 50.9 Å². The Morgan fingerprint density at radius 2 is 2.27 bits per heavy atom. The van der Waals surface area contributed by atoms with Gasteiger partial charge in [0, 0.05) is 18.4 Å². The molecule has 1 heterocycles. The molecule has 0 aliphatic rings. The minimum Gasteiger partial charge on any atom is -0.271 e. The fourth-order valence-corrected chi connectivity index (χ4v) is 0.995. The molecule has 1 aromatic heterocycles. The summed E-state index contributed by atoms with van der Waals surface area (Å²) in [5.41, 5.74) is 6.11. The molecular weight excluding hydrogens is 138 g/mol. The highest BCUT2D eigenvalue weighted by atomic mass is 15.2. The summed E-state index contributed by atoms with van der Waals surface area (Å²) in [5, 5.41) is 0. The van der Waals surface area contributed by atoms with Crippen LogP contribution in [0.15, 0.2) is 12.3 Å². The first-order chi connectivity index (χ1) is 5.25. The molecule has 11 heavy (non-hydrogen) atoms.